The van der Waals surface area contributed by atoms with Gasteiger partial charge in [0.25, 0.3) is 0 Å². The maximum Gasteiger partial charge on any atom is 0.146 e. The third-order valence-corrected chi connectivity index (χ3v) is 2.01. The van der Waals surface area contributed by atoms with Gasteiger partial charge in [0.15, 0.2) is 0 Å². The van der Waals surface area contributed by atoms with Crippen LogP contribution in [0.1, 0.15) is 9.81 Å². The first kappa shape index (κ1) is 3.88. The molecule has 0 aliphatic carbocycles. The zero-order valence-corrected chi connectivity index (χ0v) is 6.57. The second kappa shape index (κ2) is 2.62. The van der Waals surface area contributed by atoms with Gasteiger partial charge in [-0.25, -0.2) is 9.97 Å². The first-order chi connectivity index (χ1) is 5.43. The molecular weight excluding hydrogens is 203 g/mol. The average molecular weight is 210 g/mol. The Morgan fingerprint density at radius 2 is 2.56 bits per heavy atom. The zero-order valence-electron chi connectivity index (χ0n) is 7.23. The first-order valence-electron chi connectivity index (χ1n) is 3.59. The third-order valence-electron chi connectivity index (χ3n) is 0.747. The van der Waals surface area contributed by atoms with Crippen LogP contribution >= 0.6 is 27.5 Å². The van der Waals surface area contributed by atoms with Gasteiger partial charge in [0.1, 0.15) is 11.5 Å². The van der Waals surface area contributed by atoms with Gasteiger partial charge < -0.3 is 0 Å². The number of halogens is 2. The minimum absolute atomic E-state index is 0.0671. The lowest BCUT2D eigenvalue weighted by molar-refractivity contribution is 1.08. The van der Waals surface area contributed by atoms with Crippen molar-refractivity contribution in [1.82, 2.24) is 9.97 Å². The Labute approximate surface area is 70.6 Å². The number of hydrogen-bond acceptors (Lipinski definition) is 2. The molecular formula is C5H4BrClN2. The standard InChI is InChI=1S/C5H4BrClN2/c1-3-4(6)5(7)9-2-8-3/h2H,1H3/i1D3. The van der Waals surface area contributed by atoms with E-state index in [0.717, 1.165) is 6.33 Å². The number of aromatic nitrogens is 2. The van der Waals surface area contributed by atoms with E-state index in [0.29, 0.717) is 0 Å². The molecule has 0 saturated carbocycles. The van der Waals surface area contributed by atoms with Crippen LogP contribution in [0.15, 0.2) is 10.8 Å². The highest BCUT2D eigenvalue weighted by molar-refractivity contribution is 9.10. The lowest BCUT2D eigenvalue weighted by Crippen LogP contribution is -1.85. The summed E-state index contributed by atoms with van der Waals surface area (Å²) in [6.45, 7) is -2.26. The first-order valence-corrected chi connectivity index (χ1v) is 3.26. The summed E-state index contributed by atoms with van der Waals surface area (Å²) in [5, 5.41) is 0.108. The van der Waals surface area contributed by atoms with Crippen molar-refractivity contribution in [2.75, 3.05) is 0 Å². The summed E-state index contributed by atoms with van der Waals surface area (Å²) in [5.74, 6) is 0. The van der Waals surface area contributed by atoms with E-state index in [-0.39, 0.29) is 15.3 Å². The molecule has 0 radical (unpaired) electrons. The summed E-state index contributed by atoms with van der Waals surface area (Å²) in [5.41, 5.74) is -0.0671. The molecule has 0 saturated heterocycles. The second-order valence-electron chi connectivity index (χ2n) is 1.33. The molecule has 1 heterocycles. The molecule has 0 bridgehead atoms. The van der Waals surface area contributed by atoms with Crippen molar-refractivity contribution in [3.63, 3.8) is 0 Å². The molecule has 0 aromatic carbocycles. The molecule has 0 atom stereocenters. The van der Waals surface area contributed by atoms with Gasteiger partial charge in [-0.1, -0.05) is 11.6 Å². The van der Waals surface area contributed by atoms with Gasteiger partial charge in [0.05, 0.1) is 10.2 Å². The van der Waals surface area contributed by atoms with Crippen LogP contribution in [0.5, 0.6) is 0 Å². The molecule has 1 rings (SSSR count). The SMILES string of the molecule is [2H]C([2H])([2H])c1ncnc(Cl)c1Br. The molecule has 1 aromatic rings. The van der Waals surface area contributed by atoms with E-state index in [2.05, 4.69) is 25.9 Å². The summed E-state index contributed by atoms with van der Waals surface area (Å²) in [7, 11) is 0. The molecule has 4 heteroatoms. The molecule has 0 spiro atoms. The average Bonchev–Trinajstić information content (AvgIpc) is 1.92. The van der Waals surface area contributed by atoms with Crippen LogP contribution in [0.2, 0.25) is 5.15 Å². The van der Waals surface area contributed by atoms with E-state index in [1.165, 1.54) is 0 Å². The Bertz CT molecular complexity index is 301. The zero-order chi connectivity index (χ0) is 9.35. The van der Waals surface area contributed by atoms with Crippen molar-refractivity contribution in [3.8, 4) is 0 Å². The maximum atomic E-state index is 7.06. The van der Waals surface area contributed by atoms with Crippen molar-refractivity contribution in [2.24, 2.45) is 0 Å². The van der Waals surface area contributed by atoms with Crippen LogP contribution in [-0.4, -0.2) is 9.97 Å². The van der Waals surface area contributed by atoms with E-state index >= 15 is 0 Å². The highest BCUT2D eigenvalue weighted by Crippen LogP contribution is 2.20. The minimum Gasteiger partial charge on any atom is -0.240 e. The fraction of sp³-hybridized carbons (Fsp3) is 0.200. The van der Waals surface area contributed by atoms with Gasteiger partial charge in [-0.05, 0) is 22.8 Å². The lowest BCUT2D eigenvalue weighted by atomic mass is 10.5. The van der Waals surface area contributed by atoms with Crippen molar-refractivity contribution in [3.05, 3.63) is 21.6 Å². The highest BCUT2D eigenvalue weighted by Gasteiger charge is 1.99. The second-order valence-corrected chi connectivity index (χ2v) is 2.48. The summed E-state index contributed by atoms with van der Waals surface area (Å²) in [6, 6.07) is 0. The van der Waals surface area contributed by atoms with Crippen LogP contribution in [0.25, 0.3) is 0 Å². The predicted octanol–water partition coefficient (Wildman–Crippen LogP) is 2.20. The van der Waals surface area contributed by atoms with Gasteiger partial charge in [-0.3, -0.25) is 0 Å². The fourth-order valence-electron chi connectivity index (χ4n) is 0.348. The van der Waals surface area contributed by atoms with Crippen LogP contribution in [-0.2, 0) is 0 Å². The molecule has 2 nitrogen and oxygen atoms in total. The van der Waals surface area contributed by atoms with Crippen LogP contribution in [0.4, 0.5) is 0 Å². The van der Waals surface area contributed by atoms with Crippen LogP contribution in [0, 0.1) is 6.85 Å². The van der Waals surface area contributed by atoms with Gasteiger partial charge >= 0.3 is 0 Å². The van der Waals surface area contributed by atoms with Gasteiger partial charge in [-0.15, -0.1) is 0 Å². The number of nitrogens with zero attached hydrogens (tertiary/aromatic N) is 2. The predicted molar refractivity (Wildman–Crippen MR) is 39.5 cm³/mol. The molecule has 0 aliphatic rings. The summed E-state index contributed by atoms with van der Waals surface area (Å²) in [6.07, 6.45) is 1.12. The van der Waals surface area contributed by atoms with Crippen molar-refractivity contribution < 1.29 is 4.11 Å². The topological polar surface area (TPSA) is 25.8 Å². The molecule has 1 aromatic heterocycles. The quantitative estimate of drug-likeness (QED) is 0.614. The number of hydrogen-bond donors (Lipinski definition) is 0. The summed E-state index contributed by atoms with van der Waals surface area (Å²) in [4.78, 5) is 7.22. The third kappa shape index (κ3) is 1.40. The Morgan fingerprint density at radius 1 is 1.78 bits per heavy atom. The van der Waals surface area contributed by atoms with Crippen molar-refractivity contribution in [1.29, 1.82) is 0 Å². The van der Waals surface area contributed by atoms with Gasteiger partial charge in [0, 0.05) is 4.11 Å². The number of aryl methyl sites for hydroxylation is 1. The summed E-state index contributed by atoms with van der Waals surface area (Å²) >= 11 is 8.57. The van der Waals surface area contributed by atoms with E-state index in [9.17, 15) is 0 Å². The smallest absolute Gasteiger partial charge is 0.146 e. The largest absolute Gasteiger partial charge is 0.240 e. The Hall–Kier alpha value is -0.150. The Balaban J connectivity index is 3.26. The van der Waals surface area contributed by atoms with E-state index < -0.39 is 6.85 Å². The minimum atomic E-state index is -2.26. The highest BCUT2D eigenvalue weighted by atomic mass is 79.9. The maximum absolute atomic E-state index is 7.06. The monoisotopic (exact) mass is 209 g/mol. The lowest BCUT2D eigenvalue weighted by Gasteiger charge is -1.94. The van der Waals surface area contributed by atoms with E-state index in [1.807, 2.05) is 0 Å². The molecule has 0 aliphatic heterocycles. The normalized spacial score (nSPS) is 16.0. The molecule has 9 heavy (non-hydrogen) atoms. The van der Waals surface area contributed by atoms with E-state index in [1.54, 1.807) is 0 Å². The molecule has 0 N–H and O–H groups in total. The molecule has 0 fully saturated rings. The molecule has 0 unspecified atom stereocenters. The van der Waals surface area contributed by atoms with E-state index in [4.69, 9.17) is 15.7 Å². The van der Waals surface area contributed by atoms with Crippen LogP contribution < -0.4 is 0 Å². The van der Waals surface area contributed by atoms with Crippen LogP contribution in [0.3, 0.4) is 0 Å². The van der Waals surface area contributed by atoms with Crippen molar-refractivity contribution in [2.45, 2.75) is 6.85 Å². The van der Waals surface area contributed by atoms with Gasteiger partial charge in [-0.2, -0.15) is 0 Å². The van der Waals surface area contributed by atoms with Crippen molar-refractivity contribution >= 4 is 27.5 Å². The summed E-state index contributed by atoms with van der Waals surface area (Å²) < 4.78 is 21.4. The Kier molecular flexibility index (Phi) is 1.13. The fourth-order valence-corrected chi connectivity index (χ4v) is 0.686. The van der Waals surface area contributed by atoms with Gasteiger partial charge in [0.2, 0.25) is 0 Å². The number of rotatable bonds is 0. The molecule has 0 amide bonds. The Morgan fingerprint density at radius 3 is 3.11 bits per heavy atom. The molecule has 48 valence electrons.